The lowest BCUT2D eigenvalue weighted by atomic mass is 10.2. The number of nitrogens with zero attached hydrogens (tertiary/aromatic N) is 2. The molecule has 2 aromatic carbocycles. The Morgan fingerprint density at radius 3 is 2.79 bits per heavy atom. The van der Waals surface area contributed by atoms with Gasteiger partial charge in [-0.25, -0.2) is 0 Å². The molecule has 1 aliphatic heterocycles. The minimum atomic E-state index is -0.117. The van der Waals surface area contributed by atoms with Gasteiger partial charge in [-0.15, -0.1) is 24.0 Å². The van der Waals surface area contributed by atoms with Crippen molar-refractivity contribution in [1.29, 1.82) is 0 Å². The molecular weight excluding hydrogens is 467 g/mol. The van der Waals surface area contributed by atoms with Crippen molar-refractivity contribution in [2.75, 3.05) is 31.6 Å². The van der Waals surface area contributed by atoms with Crippen LogP contribution in [0.4, 0.5) is 5.69 Å². The predicted octanol–water partition coefficient (Wildman–Crippen LogP) is 2.96. The van der Waals surface area contributed by atoms with Gasteiger partial charge in [0.1, 0.15) is 5.75 Å². The molecule has 0 unspecified atom stereocenters. The van der Waals surface area contributed by atoms with Gasteiger partial charge in [0.05, 0.1) is 0 Å². The van der Waals surface area contributed by atoms with E-state index in [1.54, 1.807) is 7.05 Å². The molecule has 7 heteroatoms. The number of para-hydroxylation sites is 1. The average molecular weight is 494 g/mol. The van der Waals surface area contributed by atoms with Crippen molar-refractivity contribution in [3.63, 3.8) is 0 Å². The van der Waals surface area contributed by atoms with Crippen LogP contribution < -0.4 is 20.3 Å². The van der Waals surface area contributed by atoms with Crippen molar-refractivity contribution < 1.29 is 9.53 Å². The third-order valence-electron chi connectivity index (χ3n) is 4.45. The number of likely N-dealkylation sites (N-methyl/N-ethyl adjacent to an activating group) is 1. The molecule has 0 spiro atoms. The van der Waals surface area contributed by atoms with Gasteiger partial charge in [0.2, 0.25) is 0 Å². The molecule has 1 aliphatic rings. The van der Waals surface area contributed by atoms with Crippen LogP contribution in [0.2, 0.25) is 0 Å². The number of anilines is 1. The highest BCUT2D eigenvalue weighted by Gasteiger charge is 2.22. The fraction of sp³-hybridized carbons (Fsp3) is 0.333. The zero-order chi connectivity index (χ0) is 19.1. The fourth-order valence-electron chi connectivity index (χ4n) is 3.18. The Morgan fingerprint density at radius 2 is 2.00 bits per heavy atom. The first-order chi connectivity index (χ1) is 13.2. The van der Waals surface area contributed by atoms with Crippen molar-refractivity contribution in [3.8, 4) is 5.75 Å². The summed E-state index contributed by atoms with van der Waals surface area (Å²) in [5, 5.41) is 6.14. The van der Waals surface area contributed by atoms with Gasteiger partial charge in [0, 0.05) is 32.4 Å². The van der Waals surface area contributed by atoms with E-state index in [9.17, 15) is 4.79 Å². The van der Waals surface area contributed by atoms with Crippen LogP contribution in [-0.4, -0.2) is 38.6 Å². The zero-order valence-corrected chi connectivity index (χ0v) is 18.6. The number of hydrogen-bond donors (Lipinski definition) is 2. The summed E-state index contributed by atoms with van der Waals surface area (Å²) in [5.74, 6) is 1.42. The van der Waals surface area contributed by atoms with Gasteiger partial charge >= 0.3 is 0 Å². The maximum atomic E-state index is 11.5. The molecule has 0 saturated carbocycles. The molecule has 0 aromatic heterocycles. The van der Waals surface area contributed by atoms with Gasteiger partial charge in [0.25, 0.3) is 5.91 Å². The van der Waals surface area contributed by atoms with Crippen LogP contribution in [0.1, 0.15) is 18.1 Å². The number of aliphatic imine (C=N–C) groups is 1. The third kappa shape index (κ3) is 5.60. The highest BCUT2D eigenvalue weighted by molar-refractivity contribution is 14.0. The minimum absolute atomic E-state index is 0. The van der Waals surface area contributed by atoms with Crippen LogP contribution in [0.5, 0.6) is 5.75 Å². The molecule has 6 nitrogen and oxygen atoms in total. The summed E-state index contributed by atoms with van der Waals surface area (Å²) >= 11 is 0. The summed E-state index contributed by atoms with van der Waals surface area (Å²) in [4.78, 5) is 18.2. The SMILES string of the molecule is CCNC(=O)COc1cccc(CNC(=NC)N2CCc3ccccc32)c1.I. The van der Waals surface area contributed by atoms with Gasteiger partial charge in [0.15, 0.2) is 12.6 Å². The van der Waals surface area contributed by atoms with Crippen molar-refractivity contribution in [2.45, 2.75) is 19.9 Å². The normalized spacial score (nSPS) is 12.8. The average Bonchev–Trinajstić information content (AvgIpc) is 3.12. The van der Waals surface area contributed by atoms with Crippen LogP contribution in [0.3, 0.4) is 0 Å². The Morgan fingerprint density at radius 1 is 1.18 bits per heavy atom. The number of hydrogen-bond acceptors (Lipinski definition) is 3. The number of benzene rings is 2. The minimum Gasteiger partial charge on any atom is -0.484 e. The molecule has 1 amide bonds. The van der Waals surface area contributed by atoms with Gasteiger partial charge < -0.3 is 20.3 Å². The highest BCUT2D eigenvalue weighted by Crippen LogP contribution is 2.27. The van der Waals surface area contributed by atoms with E-state index >= 15 is 0 Å². The number of guanidine groups is 1. The summed E-state index contributed by atoms with van der Waals surface area (Å²) in [7, 11) is 1.80. The lowest BCUT2D eigenvalue weighted by Crippen LogP contribution is -2.40. The Hall–Kier alpha value is -2.29. The Bertz CT molecular complexity index is 826. The quantitative estimate of drug-likeness (QED) is 0.368. The molecule has 0 atom stereocenters. The van der Waals surface area contributed by atoms with Gasteiger partial charge in [-0.3, -0.25) is 9.79 Å². The number of amides is 1. The van der Waals surface area contributed by atoms with E-state index in [0.29, 0.717) is 18.8 Å². The molecule has 0 saturated heterocycles. The number of carbonyl (C=O) groups excluding carboxylic acids is 1. The number of nitrogens with one attached hydrogen (secondary N) is 2. The highest BCUT2D eigenvalue weighted by atomic mass is 127. The smallest absolute Gasteiger partial charge is 0.257 e. The fourth-order valence-corrected chi connectivity index (χ4v) is 3.18. The second-order valence-corrected chi connectivity index (χ2v) is 6.32. The number of carbonyl (C=O) groups is 1. The lowest BCUT2D eigenvalue weighted by molar-refractivity contribution is -0.122. The van der Waals surface area contributed by atoms with Crippen LogP contribution in [0.25, 0.3) is 0 Å². The number of ether oxygens (including phenoxy) is 1. The molecule has 0 radical (unpaired) electrons. The van der Waals surface area contributed by atoms with E-state index in [0.717, 1.165) is 24.5 Å². The van der Waals surface area contributed by atoms with Crippen LogP contribution in [-0.2, 0) is 17.8 Å². The Kier molecular flexibility index (Phi) is 8.56. The summed E-state index contributed by atoms with van der Waals surface area (Å²) in [6.45, 7) is 4.07. The maximum absolute atomic E-state index is 11.5. The first kappa shape index (κ1) is 22.0. The standard InChI is InChI=1S/C21H26N4O2.HI/c1-3-23-20(26)15-27-18-9-6-7-16(13-18)14-24-21(22-2)25-12-11-17-8-4-5-10-19(17)25;/h4-10,13H,3,11-12,14-15H2,1-2H3,(H,22,24)(H,23,26);1H. The first-order valence-electron chi connectivity index (χ1n) is 9.25. The van der Waals surface area contributed by atoms with Gasteiger partial charge in [-0.05, 0) is 42.7 Å². The van der Waals surface area contributed by atoms with E-state index in [1.807, 2.05) is 31.2 Å². The van der Waals surface area contributed by atoms with E-state index < -0.39 is 0 Å². The number of rotatable bonds is 6. The van der Waals surface area contributed by atoms with Crippen LogP contribution >= 0.6 is 24.0 Å². The molecule has 3 rings (SSSR count). The topological polar surface area (TPSA) is 66.0 Å². The van der Waals surface area contributed by atoms with E-state index in [2.05, 4.69) is 44.8 Å². The molecule has 28 heavy (non-hydrogen) atoms. The summed E-state index contributed by atoms with van der Waals surface area (Å²) in [5.41, 5.74) is 3.63. The molecule has 0 fully saturated rings. The van der Waals surface area contributed by atoms with Gasteiger partial charge in [-0.2, -0.15) is 0 Å². The monoisotopic (exact) mass is 494 g/mol. The molecule has 0 bridgehead atoms. The molecule has 2 aromatic rings. The molecule has 1 heterocycles. The van der Waals surface area contributed by atoms with Crippen molar-refractivity contribution in [1.82, 2.24) is 10.6 Å². The number of halogens is 1. The van der Waals surface area contributed by atoms with Crippen LogP contribution in [0, 0.1) is 0 Å². The number of fused-ring (bicyclic) bond motifs is 1. The summed E-state index contributed by atoms with van der Waals surface area (Å²) in [6.07, 6.45) is 1.03. The van der Waals surface area contributed by atoms with E-state index in [-0.39, 0.29) is 36.5 Å². The van der Waals surface area contributed by atoms with Crippen molar-refractivity contribution in [2.24, 2.45) is 4.99 Å². The largest absolute Gasteiger partial charge is 0.484 e. The Balaban J connectivity index is 0.00000280. The summed E-state index contributed by atoms with van der Waals surface area (Å²) < 4.78 is 5.56. The predicted molar refractivity (Wildman–Crippen MR) is 124 cm³/mol. The molecule has 2 N–H and O–H groups in total. The molecular formula is C21H27IN4O2. The third-order valence-corrected chi connectivity index (χ3v) is 4.45. The van der Waals surface area contributed by atoms with E-state index in [4.69, 9.17) is 4.74 Å². The van der Waals surface area contributed by atoms with E-state index in [1.165, 1.54) is 11.3 Å². The molecule has 0 aliphatic carbocycles. The van der Waals surface area contributed by atoms with Crippen LogP contribution in [0.15, 0.2) is 53.5 Å². The second-order valence-electron chi connectivity index (χ2n) is 6.32. The zero-order valence-electron chi connectivity index (χ0n) is 16.3. The van der Waals surface area contributed by atoms with Gasteiger partial charge in [-0.1, -0.05) is 30.3 Å². The van der Waals surface area contributed by atoms with Crippen molar-refractivity contribution >= 4 is 41.5 Å². The summed E-state index contributed by atoms with van der Waals surface area (Å²) in [6, 6.07) is 16.2. The maximum Gasteiger partial charge on any atom is 0.257 e. The Labute approximate surface area is 183 Å². The first-order valence-corrected chi connectivity index (χ1v) is 9.25. The lowest BCUT2D eigenvalue weighted by Gasteiger charge is -2.22. The molecule has 150 valence electrons. The van der Waals surface area contributed by atoms with Crippen molar-refractivity contribution in [3.05, 3.63) is 59.7 Å². The second kappa shape index (κ2) is 10.9.